The quantitative estimate of drug-likeness (QED) is 0.325. The Balaban J connectivity index is 1.89. The lowest BCUT2D eigenvalue weighted by molar-refractivity contribution is -0.142. The second kappa shape index (κ2) is 11.4. The smallest absolute Gasteiger partial charge is 0.388 e. The van der Waals surface area contributed by atoms with E-state index in [1.54, 1.807) is 16.9 Å². The topological polar surface area (TPSA) is 92.1 Å². The Hall–Kier alpha value is -2.33. The number of carbonyl (C=O) groups is 1. The van der Waals surface area contributed by atoms with Crippen LogP contribution in [0.3, 0.4) is 0 Å². The predicted molar refractivity (Wildman–Crippen MR) is 144 cm³/mol. The lowest BCUT2D eigenvalue weighted by atomic mass is 9.79. The first kappa shape index (κ1) is 30.2. The summed E-state index contributed by atoms with van der Waals surface area (Å²) >= 11 is 6.73. The molecule has 2 aromatic heterocycles. The summed E-state index contributed by atoms with van der Waals surface area (Å²) in [6.07, 6.45) is -0.706. The molecule has 1 fully saturated rings. The van der Waals surface area contributed by atoms with Crippen molar-refractivity contribution in [3.05, 3.63) is 28.5 Å². The van der Waals surface area contributed by atoms with E-state index in [4.69, 9.17) is 11.6 Å². The highest BCUT2D eigenvalue weighted by atomic mass is 35.5. The number of alkyl halides is 3. The van der Waals surface area contributed by atoms with Crippen LogP contribution in [0.5, 0.6) is 0 Å². The van der Waals surface area contributed by atoms with Gasteiger partial charge >= 0.3 is 6.18 Å². The molecule has 0 aromatic carbocycles. The summed E-state index contributed by atoms with van der Waals surface area (Å²) in [6, 6.07) is 1.72. The lowest BCUT2D eigenvalue weighted by Gasteiger charge is -2.34. The highest BCUT2D eigenvalue weighted by molar-refractivity contribution is 6.36. The van der Waals surface area contributed by atoms with Gasteiger partial charge in [-0.15, -0.1) is 0 Å². The Kier molecular flexibility index (Phi) is 9.08. The van der Waals surface area contributed by atoms with E-state index >= 15 is 0 Å². The maximum Gasteiger partial charge on any atom is 0.391 e. The van der Waals surface area contributed by atoms with Crippen LogP contribution in [-0.2, 0) is 6.54 Å². The number of pyridine rings is 1. The molecule has 3 rings (SSSR count). The van der Waals surface area contributed by atoms with Crippen molar-refractivity contribution in [2.75, 3.05) is 11.9 Å². The predicted octanol–water partition coefficient (Wildman–Crippen LogP) is 6.56. The van der Waals surface area contributed by atoms with Crippen molar-refractivity contribution >= 4 is 23.3 Å². The second-order valence-electron chi connectivity index (χ2n) is 11.5. The number of aryl methyl sites for hydroxylation is 1. The number of amides is 1. The van der Waals surface area contributed by atoms with Crippen LogP contribution in [0.4, 0.5) is 19.0 Å². The number of carbonyl (C=O) groups excluding carboxylic acids is 1. The normalized spacial score (nSPS) is 20.6. The first-order valence-corrected chi connectivity index (χ1v) is 13.5. The molecular formula is C27H39ClF3N5O2. The van der Waals surface area contributed by atoms with Crippen molar-refractivity contribution in [1.82, 2.24) is 20.1 Å². The molecule has 1 aliphatic rings. The molecule has 0 unspecified atom stereocenters. The molecule has 2 heterocycles. The Labute approximate surface area is 227 Å². The average Bonchev–Trinajstić information content (AvgIpc) is 3.14. The molecule has 1 amide bonds. The maximum atomic E-state index is 13.1. The number of rotatable bonds is 9. The molecule has 0 aliphatic heterocycles. The van der Waals surface area contributed by atoms with Crippen LogP contribution in [0.15, 0.2) is 12.3 Å². The van der Waals surface area contributed by atoms with Crippen molar-refractivity contribution in [2.24, 2.45) is 5.92 Å². The minimum atomic E-state index is -4.32. The average molecular weight is 558 g/mol. The van der Waals surface area contributed by atoms with Gasteiger partial charge in [-0.1, -0.05) is 32.4 Å². The molecule has 0 bridgehead atoms. The van der Waals surface area contributed by atoms with Crippen molar-refractivity contribution < 1.29 is 23.1 Å². The van der Waals surface area contributed by atoms with E-state index < -0.39 is 29.6 Å². The molecule has 2 aromatic rings. The molecular weight excluding hydrogens is 519 g/mol. The summed E-state index contributed by atoms with van der Waals surface area (Å²) in [6.45, 7) is 11.5. The van der Waals surface area contributed by atoms with Crippen LogP contribution in [-0.4, -0.2) is 49.6 Å². The number of nitrogens with one attached hydrogen (secondary N) is 2. The fourth-order valence-electron chi connectivity index (χ4n) is 4.98. The monoisotopic (exact) mass is 557 g/mol. The van der Waals surface area contributed by atoms with Gasteiger partial charge in [-0.3, -0.25) is 9.48 Å². The van der Waals surface area contributed by atoms with Gasteiger partial charge in [-0.2, -0.15) is 18.3 Å². The van der Waals surface area contributed by atoms with Crippen LogP contribution >= 0.6 is 11.6 Å². The number of aromatic nitrogens is 3. The van der Waals surface area contributed by atoms with Gasteiger partial charge in [0.2, 0.25) is 0 Å². The standard InChI is InChI=1S/C27H39ClF3N5O2/c1-7-36-23(21(28)22(35-36)24(37)33-15-26(38)10-8-17(4)9-11-26)19-13-32-20(12-18(19)16(2)3)34-25(5,6)14-27(29,30)31/h12-13,16-17,38H,7-11,14-15H2,1-6H3,(H,32,34)(H,33,37). The van der Waals surface area contributed by atoms with E-state index in [1.165, 1.54) is 13.8 Å². The minimum absolute atomic E-state index is 0.0178. The van der Waals surface area contributed by atoms with Crippen LogP contribution in [0, 0.1) is 5.92 Å². The van der Waals surface area contributed by atoms with E-state index in [1.807, 2.05) is 20.8 Å². The lowest BCUT2D eigenvalue weighted by Crippen LogP contribution is -2.45. The highest BCUT2D eigenvalue weighted by Gasteiger charge is 2.37. The Morgan fingerprint density at radius 3 is 2.47 bits per heavy atom. The summed E-state index contributed by atoms with van der Waals surface area (Å²) in [5, 5.41) is 21.2. The van der Waals surface area contributed by atoms with E-state index in [0.29, 0.717) is 42.4 Å². The second-order valence-corrected chi connectivity index (χ2v) is 11.9. The zero-order chi connectivity index (χ0) is 28.5. The molecule has 0 atom stereocenters. The molecule has 0 saturated heterocycles. The molecule has 38 heavy (non-hydrogen) atoms. The van der Waals surface area contributed by atoms with Gasteiger partial charge in [-0.25, -0.2) is 4.98 Å². The van der Waals surface area contributed by atoms with Gasteiger partial charge in [0.05, 0.1) is 22.7 Å². The molecule has 212 valence electrons. The third kappa shape index (κ3) is 7.40. The minimum Gasteiger partial charge on any atom is -0.388 e. The molecule has 0 spiro atoms. The van der Waals surface area contributed by atoms with E-state index in [9.17, 15) is 23.1 Å². The fraction of sp³-hybridized carbons (Fsp3) is 0.667. The Morgan fingerprint density at radius 1 is 1.29 bits per heavy atom. The van der Waals surface area contributed by atoms with E-state index in [0.717, 1.165) is 18.4 Å². The van der Waals surface area contributed by atoms with Gasteiger partial charge in [0.1, 0.15) is 5.82 Å². The molecule has 1 aliphatic carbocycles. The van der Waals surface area contributed by atoms with Crippen molar-refractivity contribution in [2.45, 2.75) is 103 Å². The number of hydrogen-bond acceptors (Lipinski definition) is 5. The zero-order valence-electron chi connectivity index (χ0n) is 23.0. The maximum absolute atomic E-state index is 13.1. The van der Waals surface area contributed by atoms with Crippen LogP contribution < -0.4 is 10.6 Å². The highest BCUT2D eigenvalue weighted by Crippen LogP contribution is 2.38. The van der Waals surface area contributed by atoms with Gasteiger partial charge in [0, 0.05) is 30.4 Å². The fourth-order valence-corrected chi connectivity index (χ4v) is 5.31. The van der Waals surface area contributed by atoms with Crippen molar-refractivity contribution in [1.29, 1.82) is 0 Å². The van der Waals surface area contributed by atoms with Crippen molar-refractivity contribution in [3.63, 3.8) is 0 Å². The third-order valence-electron chi connectivity index (χ3n) is 7.11. The number of aliphatic hydroxyl groups is 1. The van der Waals surface area contributed by atoms with E-state index in [2.05, 4.69) is 27.6 Å². The van der Waals surface area contributed by atoms with Crippen LogP contribution in [0.2, 0.25) is 5.02 Å². The van der Waals surface area contributed by atoms with Crippen LogP contribution in [0.1, 0.15) is 95.6 Å². The first-order chi connectivity index (χ1) is 17.5. The summed E-state index contributed by atoms with van der Waals surface area (Å²) in [7, 11) is 0. The molecule has 11 heteroatoms. The van der Waals surface area contributed by atoms with Gasteiger partial charge in [0.25, 0.3) is 5.91 Å². The zero-order valence-corrected chi connectivity index (χ0v) is 23.7. The van der Waals surface area contributed by atoms with Gasteiger partial charge in [-0.05, 0) is 69.9 Å². The number of hydrogen-bond donors (Lipinski definition) is 3. The molecule has 7 nitrogen and oxygen atoms in total. The SMILES string of the molecule is CCn1nc(C(=O)NCC2(O)CCC(C)CC2)c(Cl)c1-c1cnc(NC(C)(C)CC(F)(F)F)cc1C(C)C. The third-order valence-corrected chi connectivity index (χ3v) is 7.47. The molecule has 3 N–H and O–H groups in total. The van der Waals surface area contributed by atoms with Gasteiger partial charge < -0.3 is 15.7 Å². The largest absolute Gasteiger partial charge is 0.391 e. The summed E-state index contributed by atoms with van der Waals surface area (Å²) in [5.74, 6) is 0.389. The summed E-state index contributed by atoms with van der Waals surface area (Å²) in [5.41, 5.74) is -0.170. The molecule has 1 saturated carbocycles. The summed E-state index contributed by atoms with van der Waals surface area (Å²) < 4.78 is 40.6. The van der Waals surface area contributed by atoms with Crippen molar-refractivity contribution in [3.8, 4) is 11.3 Å². The first-order valence-electron chi connectivity index (χ1n) is 13.2. The number of anilines is 1. The molecule has 0 radical (unpaired) electrons. The number of halogens is 4. The Morgan fingerprint density at radius 2 is 1.92 bits per heavy atom. The number of nitrogens with zero attached hydrogens (tertiary/aromatic N) is 3. The van der Waals surface area contributed by atoms with Gasteiger partial charge in [0.15, 0.2) is 5.69 Å². The van der Waals surface area contributed by atoms with Crippen LogP contribution in [0.25, 0.3) is 11.3 Å². The summed E-state index contributed by atoms with van der Waals surface area (Å²) in [4.78, 5) is 17.5. The Bertz CT molecular complexity index is 1140. The van der Waals surface area contributed by atoms with E-state index in [-0.39, 0.29) is 23.2 Å².